The molecule has 1 aliphatic rings. The second-order valence-electron chi connectivity index (χ2n) is 4.79. The van der Waals surface area contributed by atoms with Gasteiger partial charge in [0.1, 0.15) is 6.04 Å². The highest BCUT2D eigenvalue weighted by molar-refractivity contribution is 5.95. The fourth-order valence-corrected chi connectivity index (χ4v) is 2.02. The van der Waals surface area contributed by atoms with Gasteiger partial charge in [-0.05, 0) is 44.7 Å². The zero-order valence-electron chi connectivity index (χ0n) is 10.2. The first-order valence-corrected chi connectivity index (χ1v) is 5.89. The van der Waals surface area contributed by atoms with Crippen LogP contribution in [0.3, 0.4) is 0 Å². The lowest BCUT2D eigenvalue weighted by atomic mass is 10.1. The number of nitriles is 1. The molecule has 1 aliphatic carbocycles. The summed E-state index contributed by atoms with van der Waals surface area (Å²) in [5.74, 6) is 0.213. The van der Waals surface area contributed by atoms with Gasteiger partial charge in [-0.2, -0.15) is 5.26 Å². The van der Waals surface area contributed by atoms with E-state index in [1.165, 1.54) is 0 Å². The summed E-state index contributed by atoms with van der Waals surface area (Å²) in [5.41, 5.74) is 2.77. The van der Waals surface area contributed by atoms with Gasteiger partial charge < -0.3 is 5.32 Å². The maximum absolute atomic E-state index is 12.0. The van der Waals surface area contributed by atoms with Crippen LogP contribution in [0.1, 0.15) is 34.3 Å². The van der Waals surface area contributed by atoms with Crippen molar-refractivity contribution in [3.05, 3.63) is 34.9 Å². The van der Waals surface area contributed by atoms with E-state index in [0.29, 0.717) is 11.5 Å². The number of aryl methyl sites for hydroxylation is 2. The van der Waals surface area contributed by atoms with Crippen molar-refractivity contribution >= 4 is 5.91 Å². The lowest BCUT2D eigenvalue weighted by molar-refractivity contribution is 0.0941. The Balaban J connectivity index is 2.11. The van der Waals surface area contributed by atoms with Crippen molar-refractivity contribution in [1.29, 1.82) is 5.26 Å². The number of carbonyl (C=O) groups excluding carboxylic acids is 1. The van der Waals surface area contributed by atoms with E-state index in [-0.39, 0.29) is 11.9 Å². The van der Waals surface area contributed by atoms with E-state index in [9.17, 15) is 4.79 Å². The number of hydrogen-bond donors (Lipinski definition) is 1. The molecule has 1 unspecified atom stereocenters. The van der Waals surface area contributed by atoms with Crippen molar-refractivity contribution in [3.63, 3.8) is 0 Å². The Labute approximate surface area is 101 Å². The van der Waals surface area contributed by atoms with Crippen molar-refractivity contribution in [2.75, 3.05) is 0 Å². The van der Waals surface area contributed by atoms with Crippen LogP contribution in [0.4, 0.5) is 0 Å². The van der Waals surface area contributed by atoms with Crippen LogP contribution in [0.5, 0.6) is 0 Å². The van der Waals surface area contributed by atoms with Gasteiger partial charge >= 0.3 is 0 Å². The Kier molecular flexibility index (Phi) is 3.14. The number of carbonyl (C=O) groups is 1. The molecule has 3 nitrogen and oxygen atoms in total. The Morgan fingerprint density at radius 2 is 1.94 bits per heavy atom. The average molecular weight is 228 g/mol. The van der Waals surface area contributed by atoms with Crippen molar-refractivity contribution in [3.8, 4) is 6.07 Å². The van der Waals surface area contributed by atoms with E-state index < -0.39 is 0 Å². The van der Waals surface area contributed by atoms with Crippen LogP contribution in [0.25, 0.3) is 0 Å². The van der Waals surface area contributed by atoms with Crippen molar-refractivity contribution in [2.24, 2.45) is 5.92 Å². The molecular formula is C14H16N2O. The molecule has 1 amide bonds. The number of hydrogen-bond acceptors (Lipinski definition) is 2. The number of benzene rings is 1. The van der Waals surface area contributed by atoms with Gasteiger partial charge in [0, 0.05) is 5.56 Å². The third-order valence-corrected chi connectivity index (χ3v) is 3.00. The summed E-state index contributed by atoms with van der Waals surface area (Å²) in [6, 6.07) is 7.56. The van der Waals surface area contributed by atoms with Gasteiger partial charge in [-0.1, -0.05) is 17.2 Å². The highest BCUT2D eigenvalue weighted by Crippen LogP contribution is 2.32. The molecule has 0 saturated heterocycles. The van der Waals surface area contributed by atoms with E-state index >= 15 is 0 Å². The molecule has 1 aromatic rings. The molecule has 0 aliphatic heterocycles. The number of nitrogens with one attached hydrogen (secondary N) is 1. The van der Waals surface area contributed by atoms with Gasteiger partial charge in [0.2, 0.25) is 0 Å². The Hall–Kier alpha value is -1.82. The Bertz CT molecular complexity index is 463. The lowest BCUT2D eigenvalue weighted by Gasteiger charge is -2.11. The summed E-state index contributed by atoms with van der Waals surface area (Å²) in [5, 5.41) is 11.8. The maximum atomic E-state index is 12.0. The van der Waals surface area contributed by atoms with Crippen LogP contribution < -0.4 is 5.32 Å². The molecule has 0 radical (unpaired) electrons. The summed E-state index contributed by atoms with van der Waals surface area (Å²) < 4.78 is 0. The predicted octanol–water partition coefficient (Wildman–Crippen LogP) is 2.34. The van der Waals surface area contributed by atoms with Crippen LogP contribution in [-0.2, 0) is 0 Å². The Morgan fingerprint density at radius 3 is 2.41 bits per heavy atom. The molecule has 1 aromatic carbocycles. The maximum Gasteiger partial charge on any atom is 0.252 e. The third kappa shape index (κ3) is 2.85. The predicted molar refractivity (Wildman–Crippen MR) is 65.5 cm³/mol. The number of amides is 1. The molecule has 1 atom stereocenters. The molecular weight excluding hydrogens is 212 g/mol. The van der Waals surface area contributed by atoms with Gasteiger partial charge in [0.15, 0.2) is 0 Å². The highest BCUT2D eigenvalue weighted by Gasteiger charge is 2.32. The fraction of sp³-hybridized carbons (Fsp3) is 0.429. The lowest BCUT2D eigenvalue weighted by Crippen LogP contribution is -2.35. The smallest absolute Gasteiger partial charge is 0.252 e. The SMILES string of the molecule is Cc1cc(C)cc(C(=O)NC(C#N)C2CC2)c1. The van der Waals surface area contributed by atoms with Crippen molar-refractivity contribution in [1.82, 2.24) is 5.32 Å². The topological polar surface area (TPSA) is 52.9 Å². The summed E-state index contributed by atoms with van der Waals surface area (Å²) in [4.78, 5) is 12.0. The summed E-state index contributed by atoms with van der Waals surface area (Å²) in [6.45, 7) is 3.93. The summed E-state index contributed by atoms with van der Waals surface area (Å²) in [7, 11) is 0. The second kappa shape index (κ2) is 4.58. The monoisotopic (exact) mass is 228 g/mol. The molecule has 3 heteroatoms. The highest BCUT2D eigenvalue weighted by atomic mass is 16.1. The number of rotatable bonds is 3. The van der Waals surface area contributed by atoms with Crippen molar-refractivity contribution in [2.45, 2.75) is 32.7 Å². The van der Waals surface area contributed by atoms with Crippen LogP contribution in [-0.4, -0.2) is 11.9 Å². The first-order chi connectivity index (χ1) is 8.10. The zero-order valence-corrected chi connectivity index (χ0v) is 10.2. The minimum absolute atomic E-state index is 0.143. The quantitative estimate of drug-likeness (QED) is 0.863. The molecule has 1 saturated carbocycles. The molecule has 0 spiro atoms. The standard InChI is InChI=1S/C14H16N2O/c1-9-5-10(2)7-12(6-9)14(17)16-13(8-15)11-3-4-11/h5-7,11,13H,3-4H2,1-2H3,(H,16,17). The van der Waals surface area contributed by atoms with E-state index in [2.05, 4.69) is 11.4 Å². The molecule has 0 heterocycles. The van der Waals surface area contributed by atoms with E-state index in [1.807, 2.05) is 32.0 Å². The van der Waals surface area contributed by atoms with Crippen LogP contribution in [0.2, 0.25) is 0 Å². The first kappa shape index (κ1) is 11.7. The fourth-order valence-electron chi connectivity index (χ4n) is 2.02. The van der Waals surface area contributed by atoms with Crippen molar-refractivity contribution < 1.29 is 4.79 Å². The molecule has 1 N–H and O–H groups in total. The van der Waals surface area contributed by atoms with E-state index in [0.717, 1.165) is 24.0 Å². The molecule has 0 aromatic heterocycles. The largest absolute Gasteiger partial charge is 0.336 e. The second-order valence-corrected chi connectivity index (χ2v) is 4.79. The average Bonchev–Trinajstić information content (AvgIpc) is 3.08. The minimum atomic E-state index is -0.330. The zero-order chi connectivity index (χ0) is 12.4. The van der Waals surface area contributed by atoms with Crippen LogP contribution >= 0.6 is 0 Å². The molecule has 1 fully saturated rings. The van der Waals surface area contributed by atoms with Gasteiger partial charge in [-0.25, -0.2) is 0 Å². The number of nitrogens with zero attached hydrogens (tertiary/aromatic N) is 1. The van der Waals surface area contributed by atoms with E-state index in [1.54, 1.807) is 0 Å². The van der Waals surface area contributed by atoms with Gasteiger partial charge in [0.25, 0.3) is 5.91 Å². The normalized spacial score (nSPS) is 16.1. The van der Waals surface area contributed by atoms with E-state index in [4.69, 9.17) is 5.26 Å². The van der Waals surface area contributed by atoms with Crippen LogP contribution in [0, 0.1) is 31.1 Å². The van der Waals surface area contributed by atoms with Gasteiger partial charge in [0.05, 0.1) is 6.07 Å². The summed E-state index contributed by atoms with van der Waals surface area (Å²) in [6.07, 6.45) is 2.09. The summed E-state index contributed by atoms with van der Waals surface area (Å²) >= 11 is 0. The molecule has 17 heavy (non-hydrogen) atoms. The minimum Gasteiger partial charge on any atom is -0.336 e. The van der Waals surface area contributed by atoms with Gasteiger partial charge in [-0.3, -0.25) is 4.79 Å². The van der Waals surface area contributed by atoms with Crippen LogP contribution in [0.15, 0.2) is 18.2 Å². The third-order valence-electron chi connectivity index (χ3n) is 3.00. The first-order valence-electron chi connectivity index (χ1n) is 5.89. The molecule has 2 rings (SSSR count). The molecule has 0 bridgehead atoms. The Morgan fingerprint density at radius 1 is 1.35 bits per heavy atom. The molecule has 88 valence electrons. The van der Waals surface area contributed by atoms with Gasteiger partial charge in [-0.15, -0.1) is 0 Å².